The van der Waals surface area contributed by atoms with Gasteiger partial charge in [-0.25, -0.2) is 0 Å². The molecule has 1 unspecified atom stereocenters. The maximum Gasteiger partial charge on any atom is 0.300 e. The highest BCUT2D eigenvalue weighted by atomic mass is 35.5. The van der Waals surface area contributed by atoms with Gasteiger partial charge in [0.15, 0.2) is 0 Å². The number of aryl methyl sites for hydroxylation is 1. The summed E-state index contributed by atoms with van der Waals surface area (Å²) in [6.45, 7) is 1.79. The van der Waals surface area contributed by atoms with Crippen LogP contribution in [0.25, 0.3) is 5.76 Å². The minimum atomic E-state index is -0.986. The summed E-state index contributed by atoms with van der Waals surface area (Å²) in [7, 11) is 1.41. The summed E-state index contributed by atoms with van der Waals surface area (Å²) >= 11 is 12.3. The number of aliphatic hydroxyl groups excluding tert-OH is 1. The number of anilines is 1. The van der Waals surface area contributed by atoms with Crippen LogP contribution in [0.5, 0.6) is 5.75 Å². The zero-order valence-corrected chi connectivity index (χ0v) is 18.1. The normalized spacial score (nSPS) is 17.9. The number of furan rings is 1. The van der Waals surface area contributed by atoms with E-state index in [4.69, 9.17) is 32.4 Å². The minimum absolute atomic E-state index is 0.130. The molecule has 1 N–H and O–H groups in total. The molecule has 0 aliphatic carbocycles. The van der Waals surface area contributed by atoms with E-state index < -0.39 is 23.5 Å². The van der Waals surface area contributed by atoms with E-state index in [9.17, 15) is 14.7 Å². The zero-order valence-electron chi connectivity index (χ0n) is 16.6. The van der Waals surface area contributed by atoms with E-state index in [0.717, 1.165) is 5.56 Å². The third-order valence-corrected chi connectivity index (χ3v) is 5.54. The average Bonchev–Trinajstić information content (AvgIpc) is 3.35. The number of methoxy groups -OCH3 is 1. The largest absolute Gasteiger partial charge is 0.507 e. The lowest BCUT2D eigenvalue weighted by Gasteiger charge is -2.23. The summed E-state index contributed by atoms with van der Waals surface area (Å²) < 4.78 is 10.9. The Bertz CT molecular complexity index is 1200. The molecule has 1 saturated heterocycles. The number of halogens is 2. The number of Topliss-reactive ketones (excluding diaryl/α,β-unsaturated/α-hetero) is 1. The SMILES string of the molecule is COc1c(Cl)cc(C)cc1/C(O)=C1/C(=O)C(=O)N(c2ccc(Cl)cc2)C1c1ccco1. The Balaban J connectivity index is 1.97. The molecule has 1 aromatic heterocycles. The molecule has 0 bridgehead atoms. The van der Waals surface area contributed by atoms with E-state index >= 15 is 0 Å². The van der Waals surface area contributed by atoms with Crippen molar-refractivity contribution in [3.63, 3.8) is 0 Å². The van der Waals surface area contributed by atoms with Crippen molar-refractivity contribution in [2.45, 2.75) is 13.0 Å². The molecule has 8 heteroatoms. The van der Waals surface area contributed by atoms with Crippen LogP contribution in [0.3, 0.4) is 0 Å². The van der Waals surface area contributed by atoms with Crippen molar-refractivity contribution in [1.29, 1.82) is 0 Å². The van der Waals surface area contributed by atoms with Gasteiger partial charge in [0.25, 0.3) is 11.7 Å². The molecular formula is C23H17Cl2NO5. The number of nitrogens with zero attached hydrogens (tertiary/aromatic N) is 1. The topological polar surface area (TPSA) is 80.0 Å². The molecule has 4 rings (SSSR count). The Morgan fingerprint density at radius 2 is 1.84 bits per heavy atom. The van der Waals surface area contributed by atoms with Crippen LogP contribution in [0.2, 0.25) is 10.0 Å². The Morgan fingerprint density at radius 3 is 2.45 bits per heavy atom. The average molecular weight is 458 g/mol. The lowest BCUT2D eigenvalue weighted by molar-refractivity contribution is -0.132. The molecule has 3 aromatic rings. The second kappa shape index (κ2) is 8.13. The van der Waals surface area contributed by atoms with Crippen LogP contribution in [0.1, 0.15) is 22.9 Å². The van der Waals surface area contributed by atoms with Crippen molar-refractivity contribution in [2.75, 3.05) is 12.0 Å². The Morgan fingerprint density at radius 1 is 1.13 bits per heavy atom. The first kappa shape index (κ1) is 21.0. The van der Waals surface area contributed by atoms with Crippen LogP contribution < -0.4 is 9.64 Å². The second-order valence-electron chi connectivity index (χ2n) is 6.99. The fourth-order valence-corrected chi connectivity index (χ4v) is 4.15. The molecule has 2 heterocycles. The molecule has 0 saturated carbocycles. The molecule has 1 aliphatic heterocycles. The minimum Gasteiger partial charge on any atom is -0.507 e. The van der Waals surface area contributed by atoms with Crippen molar-refractivity contribution in [1.82, 2.24) is 0 Å². The molecule has 158 valence electrons. The monoisotopic (exact) mass is 457 g/mol. The first-order valence-electron chi connectivity index (χ1n) is 9.28. The highest BCUT2D eigenvalue weighted by Gasteiger charge is 2.48. The lowest BCUT2D eigenvalue weighted by atomic mass is 9.97. The van der Waals surface area contributed by atoms with Crippen LogP contribution >= 0.6 is 23.2 Å². The van der Waals surface area contributed by atoms with Gasteiger partial charge < -0.3 is 14.3 Å². The molecule has 0 spiro atoms. The van der Waals surface area contributed by atoms with Gasteiger partial charge in [0.2, 0.25) is 0 Å². The van der Waals surface area contributed by atoms with E-state index in [-0.39, 0.29) is 21.9 Å². The Kier molecular flexibility index (Phi) is 5.52. The number of ether oxygens (including phenoxy) is 1. The van der Waals surface area contributed by atoms with Crippen LogP contribution in [0.15, 0.2) is 64.8 Å². The zero-order chi connectivity index (χ0) is 22.3. The molecule has 1 fully saturated rings. The summed E-state index contributed by atoms with van der Waals surface area (Å²) in [5.74, 6) is -1.55. The fourth-order valence-electron chi connectivity index (χ4n) is 3.67. The number of carbonyl (C=O) groups excluding carboxylic acids is 2. The van der Waals surface area contributed by atoms with Gasteiger partial charge in [0.05, 0.1) is 29.5 Å². The van der Waals surface area contributed by atoms with Crippen molar-refractivity contribution in [3.05, 3.63) is 87.3 Å². The van der Waals surface area contributed by atoms with Crippen molar-refractivity contribution < 1.29 is 23.8 Å². The maximum absolute atomic E-state index is 13.1. The number of amides is 1. The number of hydrogen-bond acceptors (Lipinski definition) is 5. The van der Waals surface area contributed by atoms with Gasteiger partial charge in [-0.05, 0) is 61.0 Å². The molecule has 2 aromatic carbocycles. The van der Waals surface area contributed by atoms with Gasteiger partial charge in [-0.2, -0.15) is 0 Å². The summed E-state index contributed by atoms with van der Waals surface area (Å²) in [6, 6.07) is 12.1. The van der Waals surface area contributed by atoms with Gasteiger partial charge in [0, 0.05) is 10.7 Å². The lowest BCUT2D eigenvalue weighted by Crippen LogP contribution is -2.29. The van der Waals surface area contributed by atoms with E-state index in [1.165, 1.54) is 18.3 Å². The predicted molar refractivity (Wildman–Crippen MR) is 118 cm³/mol. The third-order valence-electron chi connectivity index (χ3n) is 5.01. The summed E-state index contributed by atoms with van der Waals surface area (Å²) in [4.78, 5) is 27.4. The highest BCUT2D eigenvalue weighted by molar-refractivity contribution is 6.51. The molecule has 31 heavy (non-hydrogen) atoms. The predicted octanol–water partition coefficient (Wildman–Crippen LogP) is 5.53. The quantitative estimate of drug-likeness (QED) is 0.316. The smallest absolute Gasteiger partial charge is 0.300 e. The standard InChI is InChI=1S/C23H17Cl2NO5/c1-12-10-15(22(30-2)16(25)11-12)20(27)18-19(17-4-3-9-31-17)26(23(29)21(18)28)14-7-5-13(24)6-8-14/h3-11,19,27H,1-2H3/b20-18-. The van der Waals surface area contributed by atoms with Crippen molar-refractivity contribution in [3.8, 4) is 5.75 Å². The van der Waals surface area contributed by atoms with Gasteiger partial charge in [-0.15, -0.1) is 0 Å². The highest BCUT2D eigenvalue weighted by Crippen LogP contribution is 2.44. The Hall–Kier alpha value is -3.22. The maximum atomic E-state index is 13.1. The number of aliphatic hydroxyl groups is 1. The number of ketones is 1. The van der Waals surface area contributed by atoms with E-state index in [1.807, 2.05) is 0 Å². The molecule has 0 radical (unpaired) electrons. The van der Waals surface area contributed by atoms with Crippen molar-refractivity contribution >= 4 is 46.3 Å². The van der Waals surface area contributed by atoms with Crippen LogP contribution in [-0.4, -0.2) is 23.9 Å². The second-order valence-corrected chi connectivity index (χ2v) is 7.83. The molecule has 1 atom stereocenters. The van der Waals surface area contributed by atoms with Crippen molar-refractivity contribution in [2.24, 2.45) is 0 Å². The van der Waals surface area contributed by atoms with Crippen LogP contribution in [-0.2, 0) is 9.59 Å². The summed E-state index contributed by atoms with van der Waals surface area (Å²) in [5, 5.41) is 12.0. The van der Waals surface area contributed by atoms with Gasteiger partial charge in [-0.3, -0.25) is 14.5 Å². The third kappa shape index (κ3) is 3.58. The van der Waals surface area contributed by atoms with E-state index in [2.05, 4.69) is 0 Å². The number of hydrogen-bond donors (Lipinski definition) is 1. The van der Waals surface area contributed by atoms with Gasteiger partial charge >= 0.3 is 0 Å². The molecular weight excluding hydrogens is 441 g/mol. The summed E-state index contributed by atoms with van der Waals surface area (Å²) in [6.07, 6.45) is 1.43. The van der Waals surface area contributed by atoms with Gasteiger partial charge in [0.1, 0.15) is 23.3 Å². The number of rotatable bonds is 4. The van der Waals surface area contributed by atoms with E-state index in [0.29, 0.717) is 16.5 Å². The van der Waals surface area contributed by atoms with Gasteiger partial charge in [-0.1, -0.05) is 23.2 Å². The first-order chi connectivity index (χ1) is 14.8. The molecule has 1 amide bonds. The fraction of sp³-hybridized carbons (Fsp3) is 0.130. The Labute approximate surface area is 188 Å². The first-order valence-corrected chi connectivity index (χ1v) is 10.0. The molecule has 6 nitrogen and oxygen atoms in total. The van der Waals surface area contributed by atoms with Crippen LogP contribution in [0, 0.1) is 6.92 Å². The number of benzene rings is 2. The molecule has 1 aliphatic rings. The number of carbonyl (C=O) groups is 2. The summed E-state index contributed by atoms with van der Waals surface area (Å²) in [5.41, 5.74) is 1.25. The van der Waals surface area contributed by atoms with E-state index in [1.54, 1.807) is 55.5 Å². The van der Waals surface area contributed by atoms with Crippen LogP contribution in [0.4, 0.5) is 5.69 Å².